The molecule has 2 aliphatic rings. The van der Waals surface area contributed by atoms with Gasteiger partial charge in [0.2, 0.25) is 0 Å². The van der Waals surface area contributed by atoms with Gasteiger partial charge in [0.15, 0.2) is 6.39 Å². The van der Waals surface area contributed by atoms with E-state index in [1.807, 2.05) is 0 Å². The van der Waals surface area contributed by atoms with E-state index >= 15 is 0 Å². The van der Waals surface area contributed by atoms with Gasteiger partial charge in [0.25, 0.3) is 0 Å². The number of rotatable bonds is 4. The average Bonchev–Trinajstić information content (AvgIpc) is 3.11. The summed E-state index contributed by atoms with van der Waals surface area (Å²) >= 11 is 0. The lowest BCUT2D eigenvalue weighted by Gasteiger charge is -2.12. The van der Waals surface area contributed by atoms with E-state index in [-0.39, 0.29) is 0 Å². The first-order valence-corrected chi connectivity index (χ1v) is 7.09. The van der Waals surface area contributed by atoms with Gasteiger partial charge in [0.05, 0.1) is 5.69 Å². The van der Waals surface area contributed by atoms with Gasteiger partial charge in [-0.3, -0.25) is 0 Å². The van der Waals surface area contributed by atoms with Crippen LogP contribution < -0.4 is 5.32 Å². The fraction of sp³-hybridized carbons (Fsp3) is 0.786. The molecule has 0 aromatic carbocycles. The lowest BCUT2D eigenvalue weighted by Crippen LogP contribution is -2.17. The topological polar surface area (TPSA) is 38.1 Å². The molecule has 2 saturated carbocycles. The highest BCUT2D eigenvalue weighted by molar-refractivity contribution is 5.13. The normalized spacial score (nSPS) is 22.6. The van der Waals surface area contributed by atoms with E-state index in [0.717, 1.165) is 18.3 Å². The first kappa shape index (κ1) is 11.3. The summed E-state index contributed by atoms with van der Waals surface area (Å²) in [6, 6.07) is 0.744. The van der Waals surface area contributed by atoms with Crippen LogP contribution in [-0.4, -0.2) is 11.0 Å². The molecule has 94 valence electrons. The number of nitrogens with zero attached hydrogens (tertiary/aromatic N) is 1. The fourth-order valence-corrected chi connectivity index (χ4v) is 2.81. The molecule has 0 unspecified atom stereocenters. The van der Waals surface area contributed by atoms with Crippen molar-refractivity contribution in [2.24, 2.45) is 0 Å². The van der Waals surface area contributed by atoms with Gasteiger partial charge in [-0.2, -0.15) is 0 Å². The molecular weight excluding hydrogens is 212 g/mol. The molecule has 2 fully saturated rings. The molecular formula is C14H22N2O. The number of hydrogen-bond acceptors (Lipinski definition) is 3. The van der Waals surface area contributed by atoms with Gasteiger partial charge in [0, 0.05) is 18.5 Å². The standard InChI is InChI=1S/C14H22N2O/c1-2-4-6-11(5-3-1)14-13(16-10-17-14)9-15-12-7-8-12/h10-12,15H,1-9H2. The summed E-state index contributed by atoms with van der Waals surface area (Å²) in [6.45, 7) is 0.896. The van der Waals surface area contributed by atoms with Crippen LogP contribution in [-0.2, 0) is 6.54 Å². The van der Waals surface area contributed by atoms with Crippen LogP contribution >= 0.6 is 0 Å². The van der Waals surface area contributed by atoms with Crippen LogP contribution in [0.25, 0.3) is 0 Å². The maximum Gasteiger partial charge on any atom is 0.181 e. The lowest BCUT2D eigenvalue weighted by atomic mass is 9.96. The van der Waals surface area contributed by atoms with Crippen molar-refractivity contribution in [3.8, 4) is 0 Å². The second kappa shape index (κ2) is 5.21. The Hall–Kier alpha value is -0.830. The number of aromatic nitrogens is 1. The minimum Gasteiger partial charge on any atom is -0.448 e. The van der Waals surface area contributed by atoms with Gasteiger partial charge in [0.1, 0.15) is 5.76 Å². The van der Waals surface area contributed by atoms with Crippen molar-refractivity contribution in [1.82, 2.24) is 10.3 Å². The first-order valence-electron chi connectivity index (χ1n) is 7.09. The Morgan fingerprint density at radius 2 is 1.88 bits per heavy atom. The van der Waals surface area contributed by atoms with Crippen molar-refractivity contribution in [2.75, 3.05) is 0 Å². The van der Waals surface area contributed by atoms with E-state index in [9.17, 15) is 0 Å². The molecule has 0 atom stereocenters. The van der Waals surface area contributed by atoms with E-state index < -0.39 is 0 Å². The zero-order chi connectivity index (χ0) is 11.5. The minimum atomic E-state index is 0.621. The SMILES string of the molecule is c1nc(CNC2CC2)c(C2CCCCCC2)o1. The molecule has 1 aromatic heterocycles. The third kappa shape index (κ3) is 2.89. The molecule has 17 heavy (non-hydrogen) atoms. The largest absolute Gasteiger partial charge is 0.448 e. The summed E-state index contributed by atoms with van der Waals surface area (Å²) in [4.78, 5) is 4.39. The van der Waals surface area contributed by atoms with Crippen LogP contribution in [0.15, 0.2) is 10.8 Å². The molecule has 3 heteroatoms. The zero-order valence-electron chi connectivity index (χ0n) is 10.5. The van der Waals surface area contributed by atoms with Crippen molar-refractivity contribution in [2.45, 2.75) is 69.9 Å². The van der Waals surface area contributed by atoms with E-state index in [4.69, 9.17) is 4.42 Å². The van der Waals surface area contributed by atoms with Crippen molar-refractivity contribution in [3.63, 3.8) is 0 Å². The fourth-order valence-electron chi connectivity index (χ4n) is 2.81. The minimum absolute atomic E-state index is 0.621. The highest BCUT2D eigenvalue weighted by Crippen LogP contribution is 2.33. The Bertz CT molecular complexity index is 349. The van der Waals surface area contributed by atoms with E-state index in [1.54, 1.807) is 6.39 Å². The predicted molar refractivity (Wildman–Crippen MR) is 66.8 cm³/mol. The average molecular weight is 234 g/mol. The van der Waals surface area contributed by atoms with Crippen LogP contribution in [0.2, 0.25) is 0 Å². The predicted octanol–water partition coefficient (Wildman–Crippen LogP) is 3.36. The maximum atomic E-state index is 5.66. The third-order valence-electron chi connectivity index (χ3n) is 4.03. The quantitative estimate of drug-likeness (QED) is 0.812. The van der Waals surface area contributed by atoms with Crippen molar-refractivity contribution in [1.29, 1.82) is 0 Å². The van der Waals surface area contributed by atoms with Gasteiger partial charge in [-0.15, -0.1) is 0 Å². The summed E-state index contributed by atoms with van der Waals surface area (Å²) in [7, 11) is 0. The molecule has 0 aliphatic heterocycles. The number of hydrogen-bond donors (Lipinski definition) is 1. The van der Waals surface area contributed by atoms with Crippen molar-refractivity contribution in [3.05, 3.63) is 17.8 Å². The molecule has 1 heterocycles. The van der Waals surface area contributed by atoms with E-state index in [2.05, 4.69) is 10.3 Å². The van der Waals surface area contributed by atoms with Gasteiger partial charge in [-0.05, 0) is 25.7 Å². The van der Waals surface area contributed by atoms with Crippen LogP contribution in [0, 0.1) is 0 Å². The second-order valence-electron chi connectivity index (χ2n) is 5.51. The first-order chi connectivity index (χ1) is 8.43. The molecule has 1 N–H and O–H groups in total. The van der Waals surface area contributed by atoms with Crippen LogP contribution in [0.3, 0.4) is 0 Å². The second-order valence-corrected chi connectivity index (χ2v) is 5.51. The molecule has 2 aliphatic carbocycles. The molecule has 0 spiro atoms. The maximum absolute atomic E-state index is 5.66. The molecule has 3 rings (SSSR count). The third-order valence-corrected chi connectivity index (χ3v) is 4.03. The Labute approximate surface area is 103 Å². The summed E-state index contributed by atoms with van der Waals surface area (Å²) in [6.07, 6.45) is 12.3. The molecule has 0 radical (unpaired) electrons. The van der Waals surface area contributed by atoms with Gasteiger partial charge < -0.3 is 9.73 Å². The zero-order valence-corrected chi connectivity index (χ0v) is 10.5. The van der Waals surface area contributed by atoms with Crippen LogP contribution in [0.1, 0.15) is 68.7 Å². The molecule has 0 saturated heterocycles. The monoisotopic (exact) mass is 234 g/mol. The molecule has 0 bridgehead atoms. The van der Waals surface area contributed by atoms with Crippen molar-refractivity contribution >= 4 is 0 Å². The Morgan fingerprint density at radius 1 is 1.12 bits per heavy atom. The lowest BCUT2D eigenvalue weighted by molar-refractivity contribution is 0.426. The summed E-state index contributed by atoms with van der Waals surface area (Å²) in [5.74, 6) is 1.79. The van der Waals surface area contributed by atoms with Crippen LogP contribution in [0.4, 0.5) is 0 Å². The van der Waals surface area contributed by atoms with Crippen LogP contribution in [0.5, 0.6) is 0 Å². The van der Waals surface area contributed by atoms with Gasteiger partial charge in [-0.1, -0.05) is 25.7 Å². The summed E-state index contributed by atoms with van der Waals surface area (Å²) < 4.78 is 5.66. The van der Waals surface area contributed by atoms with Gasteiger partial charge >= 0.3 is 0 Å². The Morgan fingerprint density at radius 3 is 2.59 bits per heavy atom. The Balaban J connectivity index is 1.65. The number of oxazole rings is 1. The van der Waals surface area contributed by atoms with E-state index in [1.165, 1.54) is 57.1 Å². The Kier molecular flexibility index (Phi) is 3.46. The number of nitrogens with one attached hydrogen (secondary N) is 1. The smallest absolute Gasteiger partial charge is 0.181 e. The molecule has 0 amide bonds. The highest BCUT2D eigenvalue weighted by atomic mass is 16.3. The van der Waals surface area contributed by atoms with E-state index in [0.29, 0.717) is 5.92 Å². The van der Waals surface area contributed by atoms with Gasteiger partial charge in [-0.25, -0.2) is 4.98 Å². The molecule has 3 nitrogen and oxygen atoms in total. The highest BCUT2D eigenvalue weighted by Gasteiger charge is 2.24. The summed E-state index contributed by atoms with van der Waals surface area (Å²) in [5.41, 5.74) is 1.16. The van der Waals surface area contributed by atoms with Crippen molar-refractivity contribution < 1.29 is 4.42 Å². The summed E-state index contributed by atoms with van der Waals surface area (Å²) in [5, 5.41) is 3.53. The molecule has 1 aromatic rings.